The van der Waals surface area contributed by atoms with Crippen LogP contribution in [0.3, 0.4) is 0 Å². The number of nitrogens with zero attached hydrogens (tertiary/aromatic N) is 3. The number of aryl methyl sites for hydroxylation is 1. The Morgan fingerprint density at radius 1 is 0.861 bits per heavy atom. The van der Waals surface area contributed by atoms with Gasteiger partial charge >= 0.3 is 0 Å². The molecule has 0 aliphatic heterocycles. The molecule has 0 aliphatic carbocycles. The highest BCUT2D eigenvalue weighted by molar-refractivity contribution is 6.03. The van der Waals surface area contributed by atoms with Crippen molar-refractivity contribution in [3.8, 4) is 17.2 Å². The highest BCUT2D eigenvalue weighted by Gasteiger charge is 2.16. The molecule has 0 atom stereocenters. The van der Waals surface area contributed by atoms with Crippen molar-refractivity contribution in [1.29, 1.82) is 0 Å². The lowest BCUT2D eigenvalue weighted by Gasteiger charge is -2.13. The van der Waals surface area contributed by atoms with Crippen LogP contribution in [0.4, 0.5) is 11.4 Å². The maximum Gasteiger partial charge on any atom is 0.278 e. The molecular weight excluding hydrogens is 452 g/mol. The Balaban J connectivity index is 1.81. The van der Waals surface area contributed by atoms with Crippen molar-refractivity contribution in [1.82, 2.24) is 9.78 Å². The number of carbonyl (C=O) groups excluding carboxylic acids is 1. The van der Waals surface area contributed by atoms with Crippen LogP contribution in [-0.4, -0.2) is 28.9 Å². The van der Waals surface area contributed by atoms with Crippen LogP contribution >= 0.6 is 0 Å². The average Bonchev–Trinajstić information content (AvgIpc) is 2.91. The summed E-state index contributed by atoms with van der Waals surface area (Å²) in [5, 5.41) is 8.04. The zero-order chi connectivity index (χ0) is 25.3. The van der Waals surface area contributed by atoms with E-state index in [1.807, 2.05) is 68.4 Å². The Hall–Kier alpha value is -4.39. The van der Waals surface area contributed by atoms with E-state index in [-0.39, 0.29) is 5.69 Å². The van der Waals surface area contributed by atoms with E-state index in [0.717, 1.165) is 12.1 Å². The van der Waals surface area contributed by atoms with E-state index in [2.05, 4.69) is 29.5 Å². The van der Waals surface area contributed by atoms with E-state index >= 15 is 0 Å². The van der Waals surface area contributed by atoms with E-state index in [9.17, 15) is 4.79 Å². The molecule has 36 heavy (non-hydrogen) atoms. The van der Waals surface area contributed by atoms with E-state index in [1.165, 1.54) is 5.56 Å². The second-order valence-corrected chi connectivity index (χ2v) is 7.91. The summed E-state index contributed by atoms with van der Waals surface area (Å²) < 4.78 is 13.1. The molecule has 0 saturated heterocycles. The number of carbonyl (C=O) groups is 1. The molecule has 7 heteroatoms. The Bertz CT molecular complexity index is 1390. The van der Waals surface area contributed by atoms with Crippen molar-refractivity contribution in [2.45, 2.75) is 27.2 Å². The molecule has 4 rings (SSSR count). The highest BCUT2D eigenvalue weighted by Crippen LogP contribution is 2.27. The van der Waals surface area contributed by atoms with Crippen LogP contribution in [-0.2, 0) is 6.42 Å². The number of hydrogen-bond donors (Lipinski definition) is 1. The van der Waals surface area contributed by atoms with Gasteiger partial charge in [0, 0.05) is 6.20 Å². The number of para-hydroxylation sites is 4. The molecule has 1 amide bonds. The first kappa shape index (κ1) is 24.7. The number of rotatable bonds is 9. The van der Waals surface area contributed by atoms with Gasteiger partial charge in [0.2, 0.25) is 0 Å². The van der Waals surface area contributed by atoms with Crippen molar-refractivity contribution in [2.24, 2.45) is 4.99 Å². The van der Waals surface area contributed by atoms with Gasteiger partial charge in [0.1, 0.15) is 17.2 Å². The summed E-state index contributed by atoms with van der Waals surface area (Å²) in [7, 11) is 0. The van der Waals surface area contributed by atoms with E-state index in [4.69, 9.17) is 14.5 Å². The number of amides is 1. The summed E-state index contributed by atoms with van der Waals surface area (Å²) in [6.45, 7) is 6.92. The quantitative estimate of drug-likeness (QED) is 0.331. The van der Waals surface area contributed by atoms with Gasteiger partial charge in [0.25, 0.3) is 5.91 Å². The summed E-state index contributed by atoms with van der Waals surface area (Å²) in [6, 6.07) is 24.7. The lowest BCUT2D eigenvalue weighted by atomic mass is 10.1. The lowest BCUT2D eigenvalue weighted by Crippen LogP contribution is -2.26. The maximum absolute atomic E-state index is 13.5. The smallest absolute Gasteiger partial charge is 0.278 e. The van der Waals surface area contributed by atoms with Crippen molar-refractivity contribution < 1.29 is 14.3 Å². The number of ether oxygens (including phenoxy) is 2. The van der Waals surface area contributed by atoms with Crippen LogP contribution < -0.4 is 20.1 Å². The molecule has 1 aromatic heterocycles. The summed E-state index contributed by atoms with van der Waals surface area (Å²) in [4.78, 5) is 18.3. The van der Waals surface area contributed by atoms with Gasteiger partial charge in [-0.15, -0.1) is 0 Å². The summed E-state index contributed by atoms with van der Waals surface area (Å²) in [6.07, 6.45) is 2.75. The van der Waals surface area contributed by atoms with E-state index in [0.29, 0.717) is 41.4 Å². The fourth-order valence-electron chi connectivity index (χ4n) is 3.68. The first-order valence-corrected chi connectivity index (χ1v) is 12.1. The Morgan fingerprint density at radius 3 is 2.25 bits per heavy atom. The van der Waals surface area contributed by atoms with E-state index < -0.39 is 5.91 Å². The van der Waals surface area contributed by atoms with Gasteiger partial charge in [-0.1, -0.05) is 43.3 Å². The molecule has 0 aliphatic rings. The number of nitrogens with one attached hydrogen (secondary N) is 1. The van der Waals surface area contributed by atoms with Crippen molar-refractivity contribution in [2.75, 3.05) is 18.5 Å². The van der Waals surface area contributed by atoms with Crippen LogP contribution in [0, 0.1) is 0 Å². The van der Waals surface area contributed by atoms with Crippen molar-refractivity contribution in [3.63, 3.8) is 0 Å². The predicted octanol–water partition coefficient (Wildman–Crippen LogP) is 5.72. The fourth-order valence-corrected chi connectivity index (χ4v) is 3.68. The van der Waals surface area contributed by atoms with Crippen molar-refractivity contribution >= 4 is 17.3 Å². The molecule has 0 radical (unpaired) electrons. The van der Waals surface area contributed by atoms with Crippen LogP contribution in [0.1, 0.15) is 36.8 Å². The molecule has 4 aromatic rings. The first-order valence-electron chi connectivity index (χ1n) is 12.1. The lowest BCUT2D eigenvalue weighted by molar-refractivity contribution is 0.101. The van der Waals surface area contributed by atoms with Gasteiger partial charge in [-0.2, -0.15) is 5.10 Å². The Kier molecular flexibility index (Phi) is 8.13. The molecule has 184 valence electrons. The van der Waals surface area contributed by atoms with Crippen LogP contribution in [0.2, 0.25) is 0 Å². The molecular formula is C29H30N4O3. The average molecular weight is 483 g/mol. The van der Waals surface area contributed by atoms with Gasteiger partial charge in [-0.25, -0.2) is 9.67 Å². The normalized spacial score (nSPS) is 11.2. The molecule has 0 spiro atoms. The minimum Gasteiger partial charge on any atom is -0.492 e. The molecule has 1 N–H and O–H groups in total. The zero-order valence-electron chi connectivity index (χ0n) is 20.8. The second-order valence-electron chi connectivity index (χ2n) is 7.91. The molecule has 1 heterocycles. The summed E-state index contributed by atoms with van der Waals surface area (Å²) >= 11 is 0. The van der Waals surface area contributed by atoms with Gasteiger partial charge in [0.15, 0.2) is 5.69 Å². The zero-order valence-corrected chi connectivity index (χ0v) is 20.8. The molecule has 0 unspecified atom stereocenters. The molecule has 0 bridgehead atoms. The first-order chi connectivity index (χ1) is 17.6. The van der Waals surface area contributed by atoms with Crippen molar-refractivity contribution in [3.05, 3.63) is 102 Å². The maximum atomic E-state index is 13.5. The monoisotopic (exact) mass is 482 g/mol. The van der Waals surface area contributed by atoms with Gasteiger partial charge < -0.3 is 14.8 Å². The summed E-state index contributed by atoms with van der Waals surface area (Å²) in [5.74, 6) is 0.835. The summed E-state index contributed by atoms with van der Waals surface area (Å²) in [5.41, 5.74) is 3.43. The second kappa shape index (κ2) is 11.8. The SMILES string of the molecule is CCOc1ccccc1N=c1ccn(-c2ccc(CC)cc2)nc1C(=O)Nc1ccccc1OCC. The third kappa shape index (κ3) is 5.81. The largest absolute Gasteiger partial charge is 0.492 e. The number of anilines is 1. The van der Waals surface area contributed by atoms with Crippen LogP contribution in [0.25, 0.3) is 5.69 Å². The molecule has 7 nitrogen and oxygen atoms in total. The highest BCUT2D eigenvalue weighted by atomic mass is 16.5. The predicted molar refractivity (Wildman–Crippen MR) is 141 cm³/mol. The number of aromatic nitrogens is 2. The number of benzene rings is 3. The van der Waals surface area contributed by atoms with Gasteiger partial charge in [-0.05, 0) is 68.3 Å². The fraction of sp³-hybridized carbons (Fsp3) is 0.207. The Morgan fingerprint density at radius 2 is 1.53 bits per heavy atom. The minimum atomic E-state index is -0.394. The minimum absolute atomic E-state index is 0.176. The number of hydrogen-bond acceptors (Lipinski definition) is 5. The van der Waals surface area contributed by atoms with Crippen LogP contribution in [0.5, 0.6) is 11.5 Å². The Labute approximate surface area is 211 Å². The van der Waals surface area contributed by atoms with Gasteiger partial charge in [0.05, 0.1) is 29.9 Å². The van der Waals surface area contributed by atoms with Crippen LogP contribution in [0.15, 0.2) is 90.1 Å². The standard InChI is InChI=1S/C29H30N4O3/c1-4-21-15-17-22(18-16-21)33-20-19-25(30-23-11-7-9-13-26(23)35-5-2)28(32-33)29(34)31-24-12-8-10-14-27(24)36-6-3/h7-20H,4-6H2,1-3H3,(H,31,34). The topological polar surface area (TPSA) is 77.7 Å². The van der Waals surface area contributed by atoms with Gasteiger partial charge in [-0.3, -0.25) is 4.79 Å². The molecule has 0 fully saturated rings. The molecule has 3 aromatic carbocycles. The van der Waals surface area contributed by atoms with E-state index in [1.54, 1.807) is 23.0 Å². The third-order valence-corrected chi connectivity index (χ3v) is 5.49. The third-order valence-electron chi connectivity index (χ3n) is 5.49. The molecule has 0 saturated carbocycles.